The second-order valence-electron chi connectivity index (χ2n) is 17.4. The fourth-order valence-corrected chi connectivity index (χ4v) is 10.2. The minimum Gasteiger partial charge on any atom is -0.456 e. The van der Waals surface area contributed by atoms with Gasteiger partial charge in [-0.15, -0.1) is 0 Å². The van der Waals surface area contributed by atoms with E-state index in [1.807, 2.05) is 48.5 Å². The summed E-state index contributed by atoms with van der Waals surface area (Å²) >= 11 is 0. The molecule has 6 nitrogen and oxygen atoms in total. The Kier molecular flexibility index (Phi) is 9.25. The molecule has 0 saturated heterocycles. The van der Waals surface area contributed by atoms with Crippen molar-refractivity contribution in [3.63, 3.8) is 0 Å². The van der Waals surface area contributed by atoms with Gasteiger partial charge in [0.15, 0.2) is 11.6 Å². The van der Waals surface area contributed by atoms with E-state index in [2.05, 4.69) is 176 Å². The highest BCUT2D eigenvalue weighted by molar-refractivity contribution is 6.24. The molecule has 14 aromatic rings. The molecule has 0 saturated carbocycles. The summed E-state index contributed by atoms with van der Waals surface area (Å²) in [5, 5.41) is 11.2. The molecule has 10 aromatic carbocycles. The maximum absolute atomic E-state index is 6.38. The van der Waals surface area contributed by atoms with Crippen molar-refractivity contribution < 1.29 is 8.83 Å². The summed E-state index contributed by atoms with van der Waals surface area (Å²) in [7, 11) is 0. The van der Waals surface area contributed by atoms with Gasteiger partial charge in [-0.3, -0.25) is 4.57 Å². The van der Waals surface area contributed by atoms with E-state index < -0.39 is 0 Å². The van der Waals surface area contributed by atoms with Crippen LogP contribution in [0, 0.1) is 0 Å². The molecule has 0 radical (unpaired) electrons. The van der Waals surface area contributed by atoms with Crippen molar-refractivity contribution in [3.8, 4) is 51.0 Å². The first-order chi connectivity index (χ1) is 33.6. The lowest BCUT2D eigenvalue weighted by molar-refractivity contribution is 0.668. The average Bonchev–Trinajstić information content (AvgIpc) is 4.08. The fourth-order valence-electron chi connectivity index (χ4n) is 10.2. The number of para-hydroxylation sites is 3. The Bertz CT molecular complexity index is 4270. The molecule has 6 heteroatoms. The fraction of sp³-hybridized carbons (Fsp3) is 0.0484. The molecule has 0 unspecified atom stereocenters. The van der Waals surface area contributed by atoms with Crippen LogP contribution in [-0.4, -0.2) is 19.5 Å². The smallest absolute Gasteiger partial charge is 0.238 e. The lowest BCUT2D eigenvalue weighted by atomic mass is 9.90. The number of rotatable bonds is 5. The molecular formula is C62H42N4O2. The van der Waals surface area contributed by atoms with Crippen molar-refractivity contribution in [3.05, 3.63) is 206 Å². The summed E-state index contributed by atoms with van der Waals surface area (Å²) in [6, 6.07) is 72.2. The van der Waals surface area contributed by atoms with Gasteiger partial charge in [0, 0.05) is 49.0 Å². The van der Waals surface area contributed by atoms with Crippen LogP contribution in [0.15, 0.2) is 215 Å². The van der Waals surface area contributed by atoms with Gasteiger partial charge < -0.3 is 8.83 Å². The van der Waals surface area contributed by atoms with Crippen LogP contribution in [0.25, 0.3) is 138 Å². The molecule has 0 amide bonds. The maximum atomic E-state index is 6.38. The molecule has 0 spiro atoms. The Balaban J connectivity index is 0.00000149. The minimum absolute atomic E-state index is 0.528. The molecule has 14 rings (SSSR count). The van der Waals surface area contributed by atoms with E-state index in [-0.39, 0.29) is 0 Å². The number of hydrogen-bond acceptors (Lipinski definition) is 5. The minimum atomic E-state index is 0.528. The highest BCUT2D eigenvalue weighted by atomic mass is 16.3. The van der Waals surface area contributed by atoms with Crippen LogP contribution < -0.4 is 0 Å². The summed E-state index contributed by atoms with van der Waals surface area (Å²) in [4.78, 5) is 15.9. The van der Waals surface area contributed by atoms with E-state index in [4.69, 9.17) is 23.8 Å². The molecule has 322 valence electrons. The second-order valence-corrected chi connectivity index (χ2v) is 17.4. The Morgan fingerprint density at radius 1 is 0.368 bits per heavy atom. The lowest BCUT2D eigenvalue weighted by Gasteiger charge is -2.15. The number of benzene rings is 10. The zero-order chi connectivity index (χ0) is 45.3. The molecule has 4 aromatic heterocycles. The molecule has 68 heavy (non-hydrogen) atoms. The van der Waals surface area contributed by atoms with Crippen LogP contribution in [-0.2, 0) is 0 Å². The van der Waals surface area contributed by atoms with Crippen molar-refractivity contribution >= 4 is 87.2 Å². The van der Waals surface area contributed by atoms with Gasteiger partial charge in [-0.05, 0) is 74.6 Å². The number of hydrogen-bond donors (Lipinski definition) is 0. The maximum Gasteiger partial charge on any atom is 0.238 e. The highest BCUT2D eigenvalue weighted by Crippen LogP contribution is 2.45. The number of aromatic nitrogens is 4. The largest absolute Gasteiger partial charge is 0.456 e. The van der Waals surface area contributed by atoms with Crippen molar-refractivity contribution in [1.82, 2.24) is 19.5 Å². The molecule has 0 aliphatic carbocycles. The first-order valence-electron chi connectivity index (χ1n) is 23.3. The van der Waals surface area contributed by atoms with Gasteiger partial charge in [-0.1, -0.05) is 190 Å². The quantitative estimate of drug-likeness (QED) is 0.172. The van der Waals surface area contributed by atoms with E-state index in [0.717, 1.165) is 110 Å². The van der Waals surface area contributed by atoms with Crippen molar-refractivity contribution in [2.75, 3.05) is 0 Å². The van der Waals surface area contributed by atoms with Crippen molar-refractivity contribution in [2.24, 2.45) is 0 Å². The van der Waals surface area contributed by atoms with Gasteiger partial charge in [0.25, 0.3) is 0 Å². The van der Waals surface area contributed by atoms with Crippen molar-refractivity contribution in [1.29, 1.82) is 0 Å². The second kappa shape index (κ2) is 15.9. The Morgan fingerprint density at radius 3 is 1.69 bits per heavy atom. The number of nitrogens with zero attached hydrogens (tertiary/aromatic N) is 4. The predicted octanol–water partition coefficient (Wildman–Crippen LogP) is 17.2. The van der Waals surface area contributed by atoms with Crippen LogP contribution in [0.3, 0.4) is 0 Å². The summed E-state index contributed by atoms with van der Waals surface area (Å²) < 4.78 is 15.0. The summed E-state index contributed by atoms with van der Waals surface area (Å²) in [6.45, 7) is 4.25. The van der Waals surface area contributed by atoms with Crippen LogP contribution >= 0.6 is 0 Å². The van der Waals surface area contributed by atoms with E-state index in [1.165, 1.54) is 17.2 Å². The molecule has 0 fully saturated rings. The summed E-state index contributed by atoms with van der Waals surface area (Å²) in [5.41, 5.74) is 11.6. The third kappa shape index (κ3) is 6.22. The molecule has 0 aliphatic heterocycles. The highest BCUT2D eigenvalue weighted by Gasteiger charge is 2.24. The third-order valence-electron chi connectivity index (χ3n) is 13.1. The number of furan rings is 2. The number of fused-ring (bicyclic) bond motifs is 12. The average molecular weight is 875 g/mol. The standard InChI is InChI=1S/C59H34N4O2.C3H8/c1-2-15-36(16-3-1)57-60-58(37-30-32-44-43-18-6-8-27-50(43)65-53(44)34-37)62-59(61-57)63-49-33-31-35-14-4-5-17-38(35)54(49)48-26-12-25-46(56(48)63)42-23-11-20-39-40(42)21-10-22-41(39)45-24-13-29-52-55(45)47-19-7-9-28-51(47)64-52;1-3-2/h1-34H;3H2,1-2H3. The zero-order valence-electron chi connectivity index (χ0n) is 37.4. The summed E-state index contributed by atoms with van der Waals surface area (Å²) in [5.74, 6) is 1.67. The molecule has 4 heterocycles. The van der Waals surface area contributed by atoms with Crippen LogP contribution in [0.1, 0.15) is 20.3 Å². The summed E-state index contributed by atoms with van der Waals surface area (Å²) in [6.07, 6.45) is 1.25. The topological polar surface area (TPSA) is 69.9 Å². The van der Waals surface area contributed by atoms with Crippen LogP contribution in [0.5, 0.6) is 0 Å². The van der Waals surface area contributed by atoms with Gasteiger partial charge in [0.05, 0.1) is 11.0 Å². The third-order valence-corrected chi connectivity index (χ3v) is 13.1. The van der Waals surface area contributed by atoms with Gasteiger partial charge in [-0.2, -0.15) is 9.97 Å². The Morgan fingerprint density at radius 2 is 0.912 bits per heavy atom. The Labute approximate surface area is 391 Å². The van der Waals surface area contributed by atoms with Gasteiger partial charge in [0.1, 0.15) is 22.3 Å². The zero-order valence-corrected chi connectivity index (χ0v) is 37.4. The van der Waals surface area contributed by atoms with E-state index >= 15 is 0 Å². The van der Waals surface area contributed by atoms with Crippen LogP contribution in [0.4, 0.5) is 0 Å². The van der Waals surface area contributed by atoms with Crippen molar-refractivity contribution in [2.45, 2.75) is 20.3 Å². The predicted molar refractivity (Wildman–Crippen MR) is 281 cm³/mol. The first-order valence-corrected chi connectivity index (χ1v) is 23.3. The molecule has 0 bridgehead atoms. The van der Waals surface area contributed by atoms with Gasteiger partial charge >= 0.3 is 0 Å². The lowest BCUT2D eigenvalue weighted by Crippen LogP contribution is -2.07. The molecule has 0 N–H and O–H groups in total. The molecular weight excluding hydrogens is 833 g/mol. The van der Waals surface area contributed by atoms with E-state index in [0.29, 0.717) is 17.6 Å². The normalized spacial score (nSPS) is 11.7. The molecule has 0 aliphatic rings. The van der Waals surface area contributed by atoms with E-state index in [9.17, 15) is 0 Å². The van der Waals surface area contributed by atoms with Crippen LogP contribution in [0.2, 0.25) is 0 Å². The molecule has 0 atom stereocenters. The Hall–Kier alpha value is -8.87. The van der Waals surface area contributed by atoms with Gasteiger partial charge in [0.2, 0.25) is 5.95 Å². The monoisotopic (exact) mass is 874 g/mol. The van der Waals surface area contributed by atoms with Gasteiger partial charge in [-0.25, -0.2) is 4.98 Å². The van der Waals surface area contributed by atoms with E-state index in [1.54, 1.807) is 0 Å². The first kappa shape index (κ1) is 39.5. The SMILES string of the molecule is CCC.c1ccc(-c2nc(-c3ccc4c(c3)oc3ccccc34)nc(-n3c4ccc5ccccc5c4c4cccc(-c5cccc6c(-c7cccc8oc9ccccc9c78)cccc56)c43)n2)cc1.